The number of ether oxygens (including phenoxy) is 2. The summed E-state index contributed by atoms with van der Waals surface area (Å²) in [7, 11) is 1.53. The van der Waals surface area contributed by atoms with Crippen LogP contribution in [0.1, 0.15) is 6.92 Å². The fourth-order valence-corrected chi connectivity index (χ4v) is 3.02. The molecule has 2 rings (SSSR count). The number of halogens is 2. The van der Waals surface area contributed by atoms with Gasteiger partial charge in [-0.05, 0) is 6.92 Å². The zero-order valence-corrected chi connectivity index (χ0v) is 16.5. The lowest BCUT2D eigenvalue weighted by atomic mass is 10.1. The molecule has 0 spiro atoms. The molecular weight excluding hydrogens is 371 g/mol. The van der Waals surface area contributed by atoms with Crippen LogP contribution in [0.5, 0.6) is 0 Å². The molecule has 2 atom stereocenters. The first-order valence-electron chi connectivity index (χ1n) is 8.18. The molecule has 2 aliphatic heterocycles. The lowest BCUT2D eigenvalue weighted by molar-refractivity contribution is -0.142. The third-order valence-electron chi connectivity index (χ3n) is 4.52. The van der Waals surface area contributed by atoms with Crippen molar-refractivity contribution in [3.63, 3.8) is 0 Å². The van der Waals surface area contributed by atoms with Crippen LogP contribution in [0.4, 0.5) is 0 Å². The number of amides is 2. The van der Waals surface area contributed by atoms with Gasteiger partial charge in [0.1, 0.15) is 6.04 Å². The second kappa shape index (κ2) is 11.9. The average molecular weight is 401 g/mol. The Hall–Kier alpha value is -0.640. The van der Waals surface area contributed by atoms with E-state index in [4.69, 9.17) is 15.2 Å². The number of morpholine rings is 1. The van der Waals surface area contributed by atoms with Gasteiger partial charge in [0, 0.05) is 46.4 Å². The van der Waals surface area contributed by atoms with E-state index in [9.17, 15) is 9.59 Å². The Morgan fingerprint density at radius 2 is 1.52 bits per heavy atom. The third kappa shape index (κ3) is 6.54. The van der Waals surface area contributed by atoms with Crippen LogP contribution in [0, 0.1) is 0 Å². The van der Waals surface area contributed by atoms with E-state index in [1.807, 2.05) is 11.8 Å². The van der Waals surface area contributed by atoms with Crippen molar-refractivity contribution < 1.29 is 19.1 Å². The number of hydrogen-bond donors (Lipinski definition) is 1. The zero-order valence-electron chi connectivity index (χ0n) is 14.9. The second-order valence-corrected chi connectivity index (χ2v) is 6.04. The number of nitrogens with zero attached hydrogens (tertiary/aromatic N) is 3. The summed E-state index contributed by atoms with van der Waals surface area (Å²) in [6.07, 6.45) is 0. The standard InChI is InChI=1S/C15H28N4O4.2ClH/c1-12(14(20)19-7-9-23-10-8-19)17-3-5-18(6-4-17)15(21)13(16)11-22-2;;/h12-13H,3-11,16H2,1-2H3;2*1H. The molecule has 0 aromatic carbocycles. The molecule has 0 saturated carbocycles. The van der Waals surface area contributed by atoms with E-state index < -0.39 is 6.04 Å². The van der Waals surface area contributed by atoms with E-state index in [2.05, 4.69) is 4.90 Å². The van der Waals surface area contributed by atoms with Crippen LogP contribution in [0.3, 0.4) is 0 Å². The smallest absolute Gasteiger partial charge is 0.241 e. The van der Waals surface area contributed by atoms with Gasteiger partial charge in [0.25, 0.3) is 0 Å². The summed E-state index contributed by atoms with van der Waals surface area (Å²) in [5, 5.41) is 0. The summed E-state index contributed by atoms with van der Waals surface area (Å²) in [5.41, 5.74) is 5.80. The Morgan fingerprint density at radius 3 is 2.04 bits per heavy atom. The SMILES string of the molecule is COCC(N)C(=O)N1CCN(C(C)C(=O)N2CCOCC2)CC1.Cl.Cl. The normalized spacial score (nSPS) is 20.9. The minimum Gasteiger partial charge on any atom is -0.383 e. The lowest BCUT2D eigenvalue weighted by Gasteiger charge is -2.40. The number of carbonyl (C=O) groups is 2. The molecule has 2 amide bonds. The summed E-state index contributed by atoms with van der Waals surface area (Å²) in [6, 6.07) is -0.781. The first-order chi connectivity index (χ1) is 11.0. The van der Waals surface area contributed by atoms with E-state index in [0.29, 0.717) is 52.5 Å². The van der Waals surface area contributed by atoms with Crippen LogP contribution in [0.15, 0.2) is 0 Å². The van der Waals surface area contributed by atoms with Crippen molar-refractivity contribution in [1.82, 2.24) is 14.7 Å². The number of nitrogens with two attached hydrogens (primary N) is 1. The summed E-state index contributed by atoms with van der Waals surface area (Å²) in [5.74, 6) is 0.0582. The number of hydrogen-bond acceptors (Lipinski definition) is 6. The Morgan fingerprint density at radius 1 is 1.00 bits per heavy atom. The maximum atomic E-state index is 12.5. The van der Waals surface area contributed by atoms with Gasteiger partial charge in [-0.2, -0.15) is 0 Å². The van der Waals surface area contributed by atoms with Crippen LogP contribution in [-0.4, -0.2) is 105 Å². The molecule has 0 aromatic rings. The second-order valence-electron chi connectivity index (χ2n) is 6.04. The van der Waals surface area contributed by atoms with Gasteiger partial charge in [-0.15, -0.1) is 24.8 Å². The monoisotopic (exact) mass is 400 g/mol. The van der Waals surface area contributed by atoms with Gasteiger partial charge in [-0.3, -0.25) is 14.5 Å². The molecule has 0 radical (unpaired) electrons. The van der Waals surface area contributed by atoms with Crippen LogP contribution in [0.2, 0.25) is 0 Å². The van der Waals surface area contributed by atoms with E-state index in [1.165, 1.54) is 7.11 Å². The van der Waals surface area contributed by atoms with Crippen molar-refractivity contribution in [2.24, 2.45) is 5.73 Å². The zero-order chi connectivity index (χ0) is 16.8. The van der Waals surface area contributed by atoms with Crippen molar-refractivity contribution >= 4 is 36.6 Å². The Labute approximate surface area is 161 Å². The van der Waals surface area contributed by atoms with E-state index in [0.717, 1.165) is 0 Å². The van der Waals surface area contributed by atoms with Crippen molar-refractivity contribution in [2.75, 3.05) is 66.2 Å². The predicted octanol–water partition coefficient (Wildman–Crippen LogP) is -0.805. The van der Waals surface area contributed by atoms with Crippen LogP contribution >= 0.6 is 24.8 Å². The van der Waals surface area contributed by atoms with Crippen LogP contribution < -0.4 is 5.73 Å². The molecule has 2 saturated heterocycles. The molecule has 10 heteroatoms. The highest BCUT2D eigenvalue weighted by Crippen LogP contribution is 2.11. The molecule has 0 aromatic heterocycles. The fraction of sp³-hybridized carbons (Fsp3) is 0.867. The fourth-order valence-electron chi connectivity index (χ4n) is 3.02. The first kappa shape index (κ1) is 24.4. The van der Waals surface area contributed by atoms with Gasteiger partial charge in [0.15, 0.2) is 0 Å². The van der Waals surface area contributed by atoms with Gasteiger partial charge < -0.3 is 25.0 Å². The lowest BCUT2D eigenvalue weighted by Crippen LogP contribution is -2.58. The van der Waals surface area contributed by atoms with Crippen LogP contribution in [-0.2, 0) is 19.1 Å². The number of carbonyl (C=O) groups excluding carboxylic acids is 2. The Bertz CT molecular complexity index is 416. The Balaban J connectivity index is 0.00000288. The third-order valence-corrected chi connectivity index (χ3v) is 4.52. The molecule has 8 nitrogen and oxygen atoms in total. The maximum Gasteiger partial charge on any atom is 0.241 e. The van der Waals surface area contributed by atoms with E-state index in [-0.39, 0.29) is 49.3 Å². The highest BCUT2D eigenvalue weighted by molar-refractivity contribution is 5.85. The van der Waals surface area contributed by atoms with Crippen LogP contribution in [0.25, 0.3) is 0 Å². The minimum atomic E-state index is -0.612. The summed E-state index contributed by atoms with van der Waals surface area (Å²) in [4.78, 5) is 30.4. The molecule has 2 N–H and O–H groups in total. The largest absolute Gasteiger partial charge is 0.383 e. The maximum absolute atomic E-state index is 12.5. The average Bonchev–Trinajstić information content (AvgIpc) is 2.61. The number of methoxy groups -OCH3 is 1. The Kier molecular flexibility index (Phi) is 11.6. The first-order valence-corrected chi connectivity index (χ1v) is 8.18. The van der Waals surface area contributed by atoms with E-state index in [1.54, 1.807) is 4.90 Å². The van der Waals surface area contributed by atoms with Crippen molar-refractivity contribution in [3.05, 3.63) is 0 Å². The van der Waals surface area contributed by atoms with Gasteiger partial charge >= 0.3 is 0 Å². The van der Waals surface area contributed by atoms with Crippen molar-refractivity contribution in [1.29, 1.82) is 0 Å². The molecule has 2 heterocycles. The van der Waals surface area contributed by atoms with Gasteiger partial charge in [-0.25, -0.2) is 0 Å². The minimum absolute atomic E-state index is 0. The summed E-state index contributed by atoms with van der Waals surface area (Å²) in [6.45, 7) is 7.26. The summed E-state index contributed by atoms with van der Waals surface area (Å²) >= 11 is 0. The molecule has 148 valence electrons. The molecule has 2 unspecified atom stereocenters. The van der Waals surface area contributed by atoms with Crippen molar-refractivity contribution in [3.8, 4) is 0 Å². The highest BCUT2D eigenvalue weighted by atomic mass is 35.5. The quantitative estimate of drug-likeness (QED) is 0.649. The molecular formula is C15H30Cl2N4O4. The van der Waals surface area contributed by atoms with Gasteiger partial charge in [-0.1, -0.05) is 0 Å². The molecule has 0 bridgehead atoms. The molecule has 25 heavy (non-hydrogen) atoms. The molecule has 0 aliphatic carbocycles. The topological polar surface area (TPSA) is 88.3 Å². The highest BCUT2D eigenvalue weighted by Gasteiger charge is 2.31. The summed E-state index contributed by atoms with van der Waals surface area (Å²) < 4.78 is 10.2. The molecule has 2 fully saturated rings. The van der Waals surface area contributed by atoms with Gasteiger partial charge in [0.05, 0.1) is 25.9 Å². The van der Waals surface area contributed by atoms with Gasteiger partial charge in [0.2, 0.25) is 11.8 Å². The van der Waals surface area contributed by atoms with Crippen molar-refractivity contribution in [2.45, 2.75) is 19.0 Å². The number of piperazine rings is 1. The predicted molar refractivity (Wildman–Crippen MR) is 99.4 cm³/mol. The van der Waals surface area contributed by atoms with E-state index >= 15 is 0 Å². The number of rotatable bonds is 5. The molecule has 2 aliphatic rings.